The number of nitrogens with one attached hydrogen (secondary N) is 1. The molecule has 0 saturated heterocycles. The first-order valence-electron chi connectivity index (χ1n) is 11.1. The molecule has 33 heavy (non-hydrogen) atoms. The Balaban J connectivity index is 1.33. The molecule has 0 atom stereocenters. The molecular formula is C25H26N6OS. The number of amides is 1. The van der Waals surface area contributed by atoms with Crippen molar-refractivity contribution in [2.24, 2.45) is 0 Å². The van der Waals surface area contributed by atoms with Crippen LogP contribution in [0.4, 0.5) is 11.4 Å². The van der Waals surface area contributed by atoms with E-state index in [4.69, 9.17) is 0 Å². The highest BCUT2D eigenvalue weighted by Crippen LogP contribution is 2.31. The summed E-state index contributed by atoms with van der Waals surface area (Å²) in [6, 6.07) is 15.9. The van der Waals surface area contributed by atoms with Crippen LogP contribution in [0.2, 0.25) is 0 Å². The molecule has 3 heterocycles. The molecule has 0 radical (unpaired) electrons. The number of fused-ring (bicyclic) bond motifs is 2. The van der Waals surface area contributed by atoms with Gasteiger partial charge in [-0.1, -0.05) is 36.0 Å². The summed E-state index contributed by atoms with van der Waals surface area (Å²) in [5, 5.41) is 8.29. The second-order valence-electron chi connectivity index (χ2n) is 8.22. The predicted octanol–water partition coefficient (Wildman–Crippen LogP) is 4.67. The Bertz CT molecular complexity index is 1350. The molecule has 0 fully saturated rings. The fourth-order valence-corrected chi connectivity index (χ4v) is 5.09. The molecule has 0 saturated carbocycles. The highest BCUT2D eigenvalue weighted by atomic mass is 32.2. The minimum absolute atomic E-state index is 0.108. The van der Waals surface area contributed by atoms with Crippen molar-refractivity contribution in [1.82, 2.24) is 19.6 Å². The van der Waals surface area contributed by atoms with Crippen molar-refractivity contribution in [2.75, 3.05) is 23.3 Å². The van der Waals surface area contributed by atoms with Crippen molar-refractivity contribution >= 4 is 34.8 Å². The molecule has 7 nitrogen and oxygen atoms in total. The van der Waals surface area contributed by atoms with Crippen LogP contribution in [0, 0.1) is 13.8 Å². The largest absolute Gasteiger partial charge is 0.371 e. The fraction of sp³-hybridized carbons (Fsp3) is 0.280. The molecule has 8 heteroatoms. The van der Waals surface area contributed by atoms with Crippen LogP contribution in [-0.2, 0) is 12.2 Å². The third-order valence-electron chi connectivity index (χ3n) is 5.93. The normalized spacial score (nSPS) is 12.9. The van der Waals surface area contributed by atoms with E-state index in [0.29, 0.717) is 22.3 Å². The van der Waals surface area contributed by atoms with Gasteiger partial charge in [-0.05, 0) is 62.6 Å². The van der Waals surface area contributed by atoms with Crippen LogP contribution in [-0.4, -0.2) is 38.6 Å². The molecule has 0 aliphatic carbocycles. The van der Waals surface area contributed by atoms with E-state index >= 15 is 0 Å². The molecule has 2 aromatic carbocycles. The number of benzene rings is 2. The van der Waals surface area contributed by atoms with Crippen molar-refractivity contribution in [1.29, 1.82) is 0 Å². The molecule has 168 valence electrons. The Labute approximate surface area is 197 Å². The zero-order chi connectivity index (χ0) is 22.9. The second kappa shape index (κ2) is 8.86. The first-order valence-corrected chi connectivity index (χ1v) is 12.1. The van der Waals surface area contributed by atoms with Gasteiger partial charge in [-0.25, -0.2) is 9.50 Å². The Morgan fingerprint density at radius 3 is 2.82 bits per heavy atom. The summed E-state index contributed by atoms with van der Waals surface area (Å²) < 4.78 is 1.75. The third-order valence-corrected chi connectivity index (χ3v) is 6.82. The van der Waals surface area contributed by atoms with Crippen LogP contribution in [0.1, 0.15) is 39.8 Å². The van der Waals surface area contributed by atoms with Crippen molar-refractivity contribution < 1.29 is 4.79 Å². The quantitative estimate of drug-likeness (QED) is 0.423. The van der Waals surface area contributed by atoms with Crippen molar-refractivity contribution in [2.45, 2.75) is 38.1 Å². The zero-order valence-corrected chi connectivity index (χ0v) is 19.8. The highest BCUT2D eigenvalue weighted by molar-refractivity contribution is 7.98. The summed E-state index contributed by atoms with van der Waals surface area (Å²) in [4.78, 5) is 24.5. The van der Waals surface area contributed by atoms with Gasteiger partial charge in [0.1, 0.15) is 0 Å². The van der Waals surface area contributed by atoms with E-state index in [1.165, 1.54) is 23.0 Å². The summed E-state index contributed by atoms with van der Waals surface area (Å²) in [5.74, 6) is 1.08. The molecule has 1 N–H and O–H groups in total. The van der Waals surface area contributed by atoms with Gasteiger partial charge in [0.25, 0.3) is 11.7 Å². The number of rotatable bonds is 6. The van der Waals surface area contributed by atoms with Crippen molar-refractivity contribution in [3.8, 4) is 0 Å². The van der Waals surface area contributed by atoms with E-state index in [1.54, 1.807) is 4.52 Å². The predicted molar refractivity (Wildman–Crippen MR) is 132 cm³/mol. The summed E-state index contributed by atoms with van der Waals surface area (Å²) in [7, 11) is 0. The molecule has 1 aliphatic heterocycles. The maximum Gasteiger partial charge on any atom is 0.255 e. The standard InChI is InChI=1S/C25H26N6OS/c1-4-30-12-11-18-9-10-20(14-22(18)30)27-23(32)21-8-6-5-7-19(21)15-33-25-28-24-26-16(2)13-17(3)31(24)29-25/h5-10,13-14H,4,11-12,15H2,1-3H3,(H,27,32). The van der Waals surface area contributed by atoms with Crippen LogP contribution >= 0.6 is 11.8 Å². The molecule has 0 unspecified atom stereocenters. The van der Waals surface area contributed by atoms with Gasteiger partial charge in [-0.2, -0.15) is 4.98 Å². The first kappa shape index (κ1) is 21.5. The summed E-state index contributed by atoms with van der Waals surface area (Å²) in [6.45, 7) is 8.10. The summed E-state index contributed by atoms with van der Waals surface area (Å²) >= 11 is 1.50. The number of aryl methyl sites for hydroxylation is 2. The number of aromatic nitrogens is 4. The van der Waals surface area contributed by atoms with Crippen LogP contribution in [0.5, 0.6) is 0 Å². The van der Waals surface area contributed by atoms with E-state index in [9.17, 15) is 4.79 Å². The van der Waals surface area contributed by atoms with Gasteiger partial charge >= 0.3 is 0 Å². The van der Waals surface area contributed by atoms with Gasteiger partial charge in [-0.15, -0.1) is 5.10 Å². The molecule has 0 spiro atoms. The molecule has 5 rings (SSSR count). The minimum Gasteiger partial charge on any atom is -0.371 e. The van der Waals surface area contributed by atoms with Gasteiger partial charge < -0.3 is 10.2 Å². The SMILES string of the molecule is CCN1CCc2ccc(NC(=O)c3ccccc3CSc3nc4nc(C)cc(C)n4n3)cc21. The number of carbonyl (C=O) groups excluding carboxylic acids is 1. The molecule has 4 aromatic rings. The Morgan fingerprint density at radius 1 is 1.12 bits per heavy atom. The van der Waals surface area contributed by atoms with Crippen molar-refractivity contribution in [3.63, 3.8) is 0 Å². The van der Waals surface area contributed by atoms with Gasteiger partial charge in [0.05, 0.1) is 0 Å². The maximum atomic E-state index is 13.1. The summed E-state index contributed by atoms with van der Waals surface area (Å²) in [5.41, 5.74) is 6.89. The number of hydrogen-bond acceptors (Lipinski definition) is 6. The number of anilines is 2. The lowest BCUT2D eigenvalue weighted by atomic mass is 10.1. The number of carbonyl (C=O) groups is 1. The topological polar surface area (TPSA) is 75.4 Å². The van der Waals surface area contributed by atoms with E-state index in [0.717, 1.165) is 42.1 Å². The lowest BCUT2D eigenvalue weighted by Gasteiger charge is -2.17. The first-order chi connectivity index (χ1) is 16.0. The third kappa shape index (κ3) is 4.30. The molecule has 2 aromatic heterocycles. The van der Waals surface area contributed by atoms with Gasteiger partial charge in [0.2, 0.25) is 5.16 Å². The zero-order valence-electron chi connectivity index (χ0n) is 19.0. The average molecular weight is 459 g/mol. The molecule has 1 aliphatic rings. The Hall–Kier alpha value is -3.39. The monoisotopic (exact) mass is 458 g/mol. The lowest BCUT2D eigenvalue weighted by Crippen LogP contribution is -2.19. The highest BCUT2D eigenvalue weighted by Gasteiger charge is 2.19. The van der Waals surface area contributed by atoms with E-state index in [1.807, 2.05) is 50.2 Å². The maximum absolute atomic E-state index is 13.1. The number of nitrogens with zero attached hydrogens (tertiary/aromatic N) is 5. The van der Waals surface area contributed by atoms with Gasteiger partial charge in [0, 0.05) is 47.2 Å². The number of thioether (sulfide) groups is 1. The van der Waals surface area contributed by atoms with Crippen LogP contribution in [0.3, 0.4) is 0 Å². The Kier molecular flexibility index (Phi) is 5.76. The smallest absolute Gasteiger partial charge is 0.255 e. The van der Waals surface area contributed by atoms with E-state index < -0.39 is 0 Å². The number of hydrogen-bond donors (Lipinski definition) is 1. The molecule has 0 bridgehead atoms. The van der Waals surface area contributed by atoms with Crippen LogP contribution in [0.15, 0.2) is 53.7 Å². The van der Waals surface area contributed by atoms with Gasteiger partial charge in [0.15, 0.2) is 0 Å². The fourth-order valence-electron chi connectivity index (χ4n) is 4.27. The Morgan fingerprint density at radius 2 is 1.97 bits per heavy atom. The van der Waals surface area contributed by atoms with E-state index in [2.05, 4.69) is 44.3 Å². The second-order valence-corrected chi connectivity index (χ2v) is 9.16. The average Bonchev–Trinajstić information content (AvgIpc) is 3.41. The van der Waals surface area contributed by atoms with Crippen LogP contribution in [0.25, 0.3) is 5.78 Å². The number of likely N-dealkylation sites (N-methyl/N-ethyl adjacent to an activating group) is 1. The van der Waals surface area contributed by atoms with Crippen LogP contribution < -0.4 is 10.2 Å². The van der Waals surface area contributed by atoms with E-state index in [-0.39, 0.29) is 5.91 Å². The molecule has 1 amide bonds. The van der Waals surface area contributed by atoms with Crippen molar-refractivity contribution in [3.05, 3.63) is 76.6 Å². The summed E-state index contributed by atoms with van der Waals surface area (Å²) in [6.07, 6.45) is 1.06. The minimum atomic E-state index is -0.108. The molecular weight excluding hydrogens is 432 g/mol. The van der Waals surface area contributed by atoms with Gasteiger partial charge in [-0.3, -0.25) is 4.79 Å². The lowest BCUT2D eigenvalue weighted by molar-refractivity contribution is 0.102.